The number of ether oxygens (including phenoxy) is 1. The summed E-state index contributed by atoms with van der Waals surface area (Å²) in [5, 5.41) is 9.85. The van der Waals surface area contributed by atoms with Crippen molar-refractivity contribution in [3.63, 3.8) is 0 Å². The zero-order chi connectivity index (χ0) is 25.3. The minimum atomic E-state index is -2.06. The summed E-state index contributed by atoms with van der Waals surface area (Å²) in [4.78, 5) is 13.8. The van der Waals surface area contributed by atoms with Gasteiger partial charge in [0.1, 0.15) is 5.60 Å². The fraction of sp³-hybridized carbons (Fsp3) is 0.846. The maximum atomic E-state index is 13.8. The molecule has 0 N–H and O–H groups in total. The monoisotopic (exact) mass is 491 g/mol. The number of carbonyl (C=O) groups is 1. The highest BCUT2D eigenvalue weighted by Crippen LogP contribution is 2.62. The lowest BCUT2D eigenvalue weighted by Crippen LogP contribution is -2.66. The second kappa shape index (κ2) is 8.13. The highest BCUT2D eigenvalue weighted by molar-refractivity contribution is 6.74. The van der Waals surface area contributed by atoms with E-state index in [2.05, 4.69) is 80.7 Å². The first-order chi connectivity index (χ1) is 14.8. The molecule has 0 aromatic carbocycles. The Hall–Kier alpha value is -0.786. The second-order valence-corrected chi connectivity index (χ2v) is 23.3. The van der Waals surface area contributed by atoms with Crippen LogP contribution in [0.4, 0.5) is 0 Å². The number of carbonyl (C=O) groups excluding carboxylic acids is 1. The number of ketones is 1. The number of nitrogens with zero attached hydrogens (tertiary/aromatic N) is 1. The van der Waals surface area contributed by atoms with Crippen LogP contribution < -0.4 is 0 Å². The molecule has 0 unspecified atom stereocenters. The van der Waals surface area contributed by atoms with Crippen molar-refractivity contribution >= 4 is 22.4 Å². The van der Waals surface area contributed by atoms with E-state index in [1.54, 1.807) is 6.08 Å². The standard InChI is InChI=1S/C26H45NO4Si2/c1-23(2,3)32(8,9)29-17-19-12-13-22(31-33(10,11)24(4,5)6)25(7)15-20-18(16-27)14-21(28)26(19,25)30-20/h14,19-20,22H,12-13,15,17H2,1-11H3/t19-,20+,22+,25-,26-/m1/s1. The molecule has 0 radical (unpaired) electrons. The molecule has 0 amide bonds. The van der Waals surface area contributed by atoms with Gasteiger partial charge in [0.2, 0.25) is 0 Å². The van der Waals surface area contributed by atoms with Gasteiger partial charge < -0.3 is 13.6 Å². The molecule has 2 bridgehead atoms. The largest absolute Gasteiger partial charge is 0.416 e. The maximum Gasteiger partial charge on any atom is 0.192 e. The normalized spacial score (nSPS) is 35.2. The molecule has 5 nitrogen and oxygen atoms in total. The van der Waals surface area contributed by atoms with E-state index >= 15 is 0 Å². The number of hydrogen-bond acceptors (Lipinski definition) is 5. The van der Waals surface area contributed by atoms with Crippen molar-refractivity contribution in [1.82, 2.24) is 0 Å². The van der Waals surface area contributed by atoms with Gasteiger partial charge in [-0.2, -0.15) is 5.26 Å². The molecule has 33 heavy (non-hydrogen) atoms. The summed E-state index contributed by atoms with van der Waals surface area (Å²) in [5.41, 5.74) is -1.01. The molecule has 2 aliphatic heterocycles. The number of rotatable bonds is 5. The van der Waals surface area contributed by atoms with Crippen LogP contribution in [0.25, 0.3) is 0 Å². The topological polar surface area (TPSA) is 68.6 Å². The summed E-state index contributed by atoms with van der Waals surface area (Å²) in [5.74, 6) is -0.104. The van der Waals surface area contributed by atoms with Gasteiger partial charge in [0.25, 0.3) is 0 Å². The first kappa shape index (κ1) is 26.8. The van der Waals surface area contributed by atoms with Crippen molar-refractivity contribution in [2.24, 2.45) is 11.3 Å². The lowest BCUT2D eigenvalue weighted by Gasteiger charge is -2.56. The van der Waals surface area contributed by atoms with Crippen LogP contribution in [0.1, 0.15) is 67.7 Å². The van der Waals surface area contributed by atoms with Crippen molar-refractivity contribution < 1.29 is 18.4 Å². The molecule has 186 valence electrons. The molecule has 0 aromatic heterocycles. The Labute approximate surface area is 203 Å². The molecule has 1 saturated heterocycles. The van der Waals surface area contributed by atoms with Crippen LogP contribution in [0.3, 0.4) is 0 Å². The van der Waals surface area contributed by atoms with Gasteiger partial charge in [0, 0.05) is 24.0 Å². The molecule has 1 saturated carbocycles. The van der Waals surface area contributed by atoms with Gasteiger partial charge in [-0.25, -0.2) is 0 Å². The fourth-order valence-electron chi connectivity index (χ4n) is 5.35. The predicted octanol–water partition coefficient (Wildman–Crippen LogP) is 6.38. The van der Waals surface area contributed by atoms with E-state index < -0.39 is 27.7 Å². The Morgan fingerprint density at radius 2 is 1.67 bits per heavy atom. The summed E-state index contributed by atoms with van der Waals surface area (Å²) in [6.45, 7) is 25.2. The minimum absolute atomic E-state index is 0.0371. The van der Waals surface area contributed by atoms with E-state index in [0.717, 1.165) is 12.8 Å². The first-order valence-corrected chi connectivity index (χ1v) is 18.3. The summed E-state index contributed by atoms with van der Waals surface area (Å²) in [7, 11) is -4.05. The van der Waals surface area contributed by atoms with Gasteiger partial charge in [-0.1, -0.05) is 48.5 Å². The molecular formula is C26H45NO4Si2. The van der Waals surface area contributed by atoms with Crippen LogP contribution in [0.5, 0.6) is 0 Å². The van der Waals surface area contributed by atoms with E-state index in [0.29, 0.717) is 18.6 Å². The number of hydrogen-bond donors (Lipinski definition) is 0. The van der Waals surface area contributed by atoms with Crippen LogP contribution in [0, 0.1) is 22.7 Å². The van der Waals surface area contributed by atoms with Crippen LogP contribution in [0.15, 0.2) is 11.6 Å². The summed E-state index contributed by atoms with van der Waals surface area (Å²) >= 11 is 0. The molecule has 2 heterocycles. The van der Waals surface area contributed by atoms with Crippen LogP contribution in [0.2, 0.25) is 36.3 Å². The smallest absolute Gasteiger partial charge is 0.192 e. The molecule has 7 heteroatoms. The van der Waals surface area contributed by atoms with Crippen molar-refractivity contribution in [2.45, 2.75) is 122 Å². The van der Waals surface area contributed by atoms with Crippen LogP contribution in [-0.4, -0.2) is 46.8 Å². The lowest BCUT2D eigenvalue weighted by molar-refractivity contribution is -0.188. The van der Waals surface area contributed by atoms with Crippen LogP contribution >= 0.6 is 0 Å². The van der Waals surface area contributed by atoms with Gasteiger partial charge in [-0.3, -0.25) is 4.79 Å². The molecule has 0 aromatic rings. The highest BCUT2D eigenvalue weighted by atomic mass is 28.4. The Bertz CT molecular complexity index is 876. The van der Waals surface area contributed by atoms with E-state index in [-0.39, 0.29) is 34.0 Å². The minimum Gasteiger partial charge on any atom is -0.416 e. The third-order valence-electron chi connectivity index (χ3n) is 9.67. The van der Waals surface area contributed by atoms with Gasteiger partial charge in [-0.05, 0) is 55.5 Å². The second-order valence-electron chi connectivity index (χ2n) is 13.8. The van der Waals surface area contributed by atoms with Crippen molar-refractivity contribution in [3.8, 4) is 6.07 Å². The summed E-state index contributed by atoms with van der Waals surface area (Å²) < 4.78 is 20.3. The van der Waals surface area contributed by atoms with Gasteiger partial charge in [0.15, 0.2) is 22.4 Å². The Morgan fingerprint density at radius 1 is 1.09 bits per heavy atom. The van der Waals surface area contributed by atoms with E-state index in [1.807, 2.05) is 0 Å². The van der Waals surface area contributed by atoms with Gasteiger partial charge in [0.05, 0.1) is 23.9 Å². The Kier molecular flexibility index (Phi) is 6.60. The van der Waals surface area contributed by atoms with Gasteiger partial charge in [-0.15, -0.1) is 0 Å². The zero-order valence-corrected chi connectivity index (χ0v) is 24.7. The molecular weight excluding hydrogens is 446 g/mol. The summed E-state index contributed by atoms with van der Waals surface area (Å²) in [6.07, 6.45) is 3.53. The first-order valence-electron chi connectivity index (χ1n) is 12.5. The lowest BCUT2D eigenvalue weighted by atomic mass is 9.56. The third-order valence-corrected chi connectivity index (χ3v) is 18.7. The number of nitriles is 1. The Morgan fingerprint density at radius 3 is 2.18 bits per heavy atom. The highest BCUT2D eigenvalue weighted by Gasteiger charge is 2.71. The van der Waals surface area contributed by atoms with Gasteiger partial charge >= 0.3 is 0 Å². The van der Waals surface area contributed by atoms with E-state index in [1.165, 1.54) is 0 Å². The Balaban J connectivity index is 2.01. The molecule has 1 spiro atoms. The molecule has 2 fully saturated rings. The van der Waals surface area contributed by atoms with Crippen molar-refractivity contribution in [3.05, 3.63) is 11.6 Å². The number of fused-ring (bicyclic) bond motifs is 1. The molecule has 5 atom stereocenters. The van der Waals surface area contributed by atoms with Crippen molar-refractivity contribution in [1.29, 1.82) is 5.26 Å². The van der Waals surface area contributed by atoms with E-state index in [9.17, 15) is 10.1 Å². The summed E-state index contributed by atoms with van der Waals surface area (Å²) in [6, 6.07) is 2.22. The maximum absolute atomic E-state index is 13.8. The third kappa shape index (κ3) is 4.14. The van der Waals surface area contributed by atoms with Crippen LogP contribution in [-0.2, 0) is 18.4 Å². The SMILES string of the molecule is CC(C)(C)[Si](C)(C)OC[C@H]1CC[C@H](O[Si](C)(C)C(C)(C)C)[C@@]2(C)C[C@@H]3O[C@@]12C(=O)C=C3C#N. The average molecular weight is 492 g/mol. The average Bonchev–Trinajstić information content (AvgIpc) is 2.94. The quantitative estimate of drug-likeness (QED) is 0.418. The fourth-order valence-corrected chi connectivity index (χ4v) is 7.85. The van der Waals surface area contributed by atoms with E-state index in [4.69, 9.17) is 13.6 Å². The molecule has 3 aliphatic rings. The zero-order valence-electron chi connectivity index (χ0n) is 22.7. The molecule has 3 rings (SSSR count). The molecule has 1 aliphatic carbocycles. The van der Waals surface area contributed by atoms with Crippen molar-refractivity contribution in [2.75, 3.05) is 6.61 Å². The predicted molar refractivity (Wildman–Crippen MR) is 137 cm³/mol.